The molecule has 1 aromatic rings. The summed E-state index contributed by atoms with van der Waals surface area (Å²) >= 11 is 0. The average Bonchev–Trinajstić information content (AvgIpc) is 2.65. The molecule has 0 aromatic heterocycles. The van der Waals surface area contributed by atoms with Crippen molar-refractivity contribution >= 4 is 9.84 Å². The molecule has 0 aliphatic carbocycles. The van der Waals surface area contributed by atoms with Crippen molar-refractivity contribution in [1.82, 2.24) is 4.90 Å². The van der Waals surface area contributed by atoms with E-state index in [1.54, 1.807) is 0 Å². The maximum Gasteiger partial charge on any atom is 0.151 e. The Morgan fingerprint density at radius 2 is 2.18 bits per heavy atom. The third-order valence-corrected chi connectivity index (χ3v) is 4.92. The van der Waals surface area contributed by atoms with Gasteiger partial charge in [-0.05, 0) is 25.5 Å². The zero-order chi connectivity index (χ0) is 12.5. The smallest absolute Gasteiger partial charge is 0.151 e. The minimum atomic E-state index is -2.88. The number of hydrogen-bond donors (Lipinski definition) is 0. The maximum absolute atomic E-state index is 11.5. The summed E-state index contributed by atoms with van der Waals surface area (Å²) in [4.78, 5) is 2.22. The number of rotatable bonds is 3. The molecule has 0 N–H and O–H groups in total. The van der Waals surface area contributed by atoms with Crippen LogP contribution in [-0.2, 0) is 16.4 Å². The van der Waals surface area contributed by atoms with Gasteiger partial charge in [0.2, 0.25) is 0 Å². The molecular weight excluding hydrogens is 234 g/mol. The molecule has 17 heavy (non-hydrogen) atoms. The van der Waals surface area contributed by atoms with E-state index >= 15 is 0 Å². The van der Waals surface area contributed by atoms with Gasteiger partial charge < -0.3 is 0 Å². The number of hydrogen-bond acceptors (Lipinski definition) is 3. The Hall–Kier alpha value is -0.870. The molecule has 0 amide bonds. The van der Waals surface area contributed by atoms with Crippen LogP contribution in [0.1, 0.15) is 17.5 Å². The van der Waals surface area contributed by atoms with Gasteiger partial charge in [-0.1, -0.05) is 29.8 Å². The molecule has 1 saturated heterocycles. The fraction of sp³-hybridized carbons (Fsp3) is 0.538. The largest absolute Gasteiger partial charge is 0.298 e. The van der Waals surface area contributed by atoms with Gasteiger partial charge >= 0.3 is 0 Å². The molecule has 0 radical (unpaired) electrons. The van der Waals surface area contributed by atoms with Crippen LogP contribution >= 0.6 is 0 Å². The first-order valence-electron chi connectivity index (χ1n) is 5.92. The van der Waals surface area contributed by atoms with Crippen LogP contribution in [0.2, 0.25) is 0 Å². The summed E-state index contributed by atoms with van der Waals surface area (Å²) in [6.45, 7) is 4.49. The second-order valence-electron chi connectivity index (χ2n) is 4.96. The van der Waals surface area contributed by atoms with E-state index in [0.29, 0.717) is 6.54 Å². The molecule has 1 aliphatic heterocycles. The second kappa shape index (κ2) is 4.78. The van der Waals surface area contributed by atoms with Gasteiger partial charge in [-0.15, -0.1) is 0 Å². The van der Waals surface area contributed by atoms with E-state index in [-0.39, 0.29) is 5.25 Å². The summed E-state index contributed by atoms with van der Waals surface area (Å²) in [5.74, 6) is 0. The summed E-state index contributed by atoms with van der Waals surface area (Å²) in [7, 11) is -2.88. The van der Waals surface area contributed by atoms with E-state index in [1.165, 1.54) is 17.4 Å². The summed E-state index contributed by atoms with van der Waals surface area (Å²) in [6, 6.07) is 8.39. The quantitative estimate of drug-likeness (QED) is 0.821. The third-order valence-electron chi connectivity index (χ3n) is 3.32. The summed E-state index contributed by atoms with van der Waals surface area (Å²) in [6.07, 6.45) is 2.11. The van der Waals surface area contributed by atoms with E-state index in [9.17, 15) is 8.42 Å². The first-order chi connectivity index (χ1) is 7.95. The summed E-state index contributed by atoms with van der Waals surface area (Å²) in [5, 5.41) is -0.174. The predicted molar refractivity (Wildman–Crippen MR) is 69.7 cm³/mol. The van der Waals surface area contributed by atoms with Crippen LogP contribution in [0.15, 0.2) is 24.3 Å². The fourth-order valence-electron chi connectivity index (χ4n) is 2.36. The van der Waals surface area contributed by atoms with Crippen LogP contribution in [0.5, 0.6) is 0 Å². The number of nitrogens with zero attached hydrogens (tertiary/aromatic N) is 1. The minimum absolute atomic E-state index is 0.174. The molecule has 1 heterocycles. The monoisotopic (exact) mass is 253 g/mol. The highest BCUT2D eigenvalue weighted by Crippen LogP contribution is 2.18. The van der Waals surface area contributed by atoms with Crippen LogP contribution in [0, 0.1) is 6.92 Å². The van der Waals surface area contributed by atoms with Crippen LogP contribution in [0.25, 0.3) is 0 Å². The normalized spacial score (nSPS) is 21.9. The SMILES string of the molecule is Cc1cccc(CN2CCC(S(C)(=O)=O)C2)c1. The lowest BCUT2D eigenvalue weighted by molar-refractivity contribution is 0.331. The molecule has 1 atom stereocenters. The second-order valence-corrected chi connectivity index (χ2v) is 7.29. The lowest BCUT2D eigenvalue weighted by atomic mass is 10.1. The van der Waals surface area contributed by atoms with Crippen LogP contribution in [0.4, 0.5) is 0 Å². The molecular formula is C13H19NO2S. The maximum atomic E-state index is 11.5. The highest BCUT2D eigenvalue weighted by molar-refractivity contribution is 7.91. The summed E-state index contributed by atoms with van der Waals surface area (Å²) in [5.41, 5.74) is 2.51. The van der Waals surface area contributed by atoms with Crippen LogP contribution in [0.3, 0.4) is 0 Å². The zero-order valence-electron chi connectivity index (χ0n) is 10.4. The first kappa shape index (κ1) is 12.6. The molecule has 0 spiro atoms. The van der Waals surface area contributed by atoms with Gasteiger partial charge in [0.15, 0.2) is 9.84 Å². The van der Waals surface area contributed by atoms with Gasteiger partial charge in [-0.3, -0.25) is 4.90 Å². The Morgan fingerprint density at radius 1 is 1.41 bits per heavy atom. The molecule has 2 rings (SSSR count). The minimum Gasteiger partial charge on any atom is -0.298 e. The standard InChI is InChI=1S/C13H19NO2S/c1-11-4-3-5-12(8-11)9-14-7-6-13(10-14)17(2,15)16/h3-5,8,13H,6-7,9-10H2,1-2H3. The number of sulfone groups is 1. The number of benzene rings is 1. The van der Waals surface area contributed by atoms with Gasteiger partial charge in [0.25, 0.3) is 0 Å². The van der Waals surface area contributed by atoms with Crippen molar-refractivity contribution in [2.45, 2.75) is 25.1 Å². The van der Waals surface area contributed by atoms with Gasteiger partial charge in [-0.2, -0.15) is 0 Å². The third kappa shape index (κ3) is 3.30. The number of likely N-dealkylation sites (tertiary alicyclic amines) is 1. The van der Waals surface area contributed by atoms with E-state index in [4.69, 9.17) is 0 Å². The van der Waals surface area contributed by atoms with E-state index in [0.717, 1.165) is 19.5 Å². The van der Waals surface area contributed by atoms with Crippen molar-refractivity contribution in [1.29, 1.82) is 0 Å². The molecule has 94 valence electrons. The van der Waals surface area contributed by atoms with Crippen molar-refractivity contribution in [2.75, 3.05) is 19.3 Å². The van der Waals surface area contributed by atoms with Gasteiger partial charge in [0.1, 0.15) is 0 Å². The average molecular weight is 253 g/mol. The van der Waals surface area contributed by atoms with Crippen LogP contribution in [-0.4, -0.2) is 37.9 Å². The Labute approximate surface area is 103 Å². The van der Waals surface area contributed by atoms with Crippen molar-refractivity contribution in [2.24, 2.45) is 0 Å². The van der Waals surface area contributed by atoms with Gasteiger partial charge in [0.05, 0.1) is 5.25 Å². The molecule has 3 nitrogen and oxygen atoms in total. The van der Waals surface area contributed by atoms with E-state index < -0.39 is 9.84 Å². The van der Waals surface area contributed by atoms with Crippen molar-refractivity contribution in [3.63, 3.8) is 0 Å². The highest BCUT2D eigenvalue weighted by Gasteiger charge is 2.29. The lowest BCUT2D eigenvalue weighted by Gasteiger charge is -2.15. The Morgan fingerprint density at radius 3 is 2.76 bits per heavy atom. The lowest BCUT2D eigenvalue weighted by Crippen LogP contribution is -2.26. The zero-order valence-corrected chi connectivity index (χ0v) is 11.2. The molecule has 1 fully saturated rings. The highest BCUT2D eigenvalue weighted by atomic mass is 32.2. The first-order valence-corrected chi connectivity index (χ1v) is 7.87. The van der Waals surface area contributed by atoms with Crippen molar-refractivity contribution < 1.29 is 8.42 Å². The van der Waals surface area contributed by atoms with Crippen LogP contribution < -0.4 is 0 Å². The Kier molecular flexibility index (Phi) is 3.54. The van der Waals surface area contributed by atoms with Crippen molar-refractivity contribution in [3.05, 3.63) is 35.4 Å². The van der Waals surface area contributed by atoms with E-state index in [2.05, 4.69) is 36.1 Å². The molecule has 1 aromatic carbocycles. The topological polar surface area (TPSA) is 37.4 Å². The molecule has 0 bridgehead atoms. The summed E-state index contributed by atoms with van der Waals surface area (Å²) < 4.78 is 22.9. The molecule has 4 heteroatoms. The number of aryl methyl sites for hydroxylation is 1. The molecule has 1 unspecified atom stereocenters. The molecule has 0 saturated carbocycles. The predicted octanol–water partition coefficient (Wildman–Crippen LogP) is 1.61. The van der Waals surface area contributed by atoms with Gasteiger partial charge in [0, 0.05) is 19.3 Å². The van der Waals surface area contributed by atoms with E-state index in [1.807, 2.05) is 0 Å². The fourth-order valence-corrected chi connectivity index (χ4v) is 3.37. The molecule has 1 aliphatic rings. The Balaban J connectivity index is 1.99. The van der Waals surface area contributed by atoms with Crippen molar-refractivity contribution in [3.8, 4) is 0 Å². The Bertz CT molecular complexity index is 496. The van der Waals surface area contributed by atoms with Gasteiger partial charge in [-0.25, -0.2) is 8.42 Å².